The summed E-state index contributed by atoms with van der Waals surface area (Å²) in [5.41, 5.74) is 4.07. The van der Waals surface area contributed by atoms with Crippen LogP contribution in [0.5, 0.6) is 0 Å². The predicted octanol–water partition coefficient (Wildman–Crippen LogP) is 5.54. The molecule has 2 aliphatic rings. The number of hydrogen-bond donors (Lipinski definition) is 1. The number of aldehydes is 1. The maximum Gasteiger partial charge on any atom is 0.255 e. The third-order valence-corrected chi connectivity index (χ3v) is 9.52. The van der Waals surface area contributed by atoms with Crippen molar-refractivity contribution in [3.8, 4) is 0 Å². The van der Waals surface area contributed by atoms with Gasteiger partial charge in [-0.1, -0.05) is 44.3 Å². The van der Waals surface area contributed by atoms with Gasteiger partial charge in [0.1, 0.15) is 6.29 Å². The Hall–Kier alpha value is -1.68. The number of likely N-dealkylation sites (tertiary alicyclic amines) is 1. The smallest absolute Gasteiger partial charge is 0.255 e. The molecule has 0 spiro atoms. The summed E-state index contributed by atoms with van der Waals surface area (Å²) in [4.78, 5) is 41.6. The van der Waals surface area contributed by atoms with Gasteiger partial charge in [0.25, 0.3) is 5.91 Å². The molecule has 1 unspecified atom stereocenters. The van der Waals surface area contributed by atoms with Crippen LogP contribution < -0.4 is 5.32 Å². The summed E-state index contributed by atoms with van der Waals surface area (Å²) in [6.07, 6.45) is 5.18. The van der Waals surface area contributed by atoms with Crippen molar-refractivity contribution < 1.29 is 14.4 Å². The fraction of sp³-hybridized carbons (Fsp3) is 0.444. The number of nitrogens with zero attached hydrogens (tertiary/aromatic N) is 2. The summed E-state index contributed by atoms with van der Waals surface area (Å²) < 4.78 is 2.21. The van der Waals surface area contributed by atoms with Gasteiger partial charge >= 0.3 is 0 Å². The van der Waals surface area contributed by atoms with E-state index in [1.54, 1.807) is 23.7 Å². The number of thioether (sulfide) groups is 1. The molecular formula is C27H31Br2N3O3S. The van der Waals surface area contributed by atoms with E-state index in [9.17, 15) is 14.4 Å². The first-order valence-electron chi connectivity index (χ1n) is 12.3. The largest absolute Gasteiger partial charge is 0.359 e. The van der Waals surface area contributed by atoms with Gasteiger partial charge in [-0.2, -0.15) is 0 Å². The number of nitrogens with one attached hydrogen (secondary N) is 1. The first-order valence-corrected chi connectivity index (χ1v) is 14.9. The molecule has 1 atom stereocenters. The van der Waals surface area contributed by atoms with Crippen LogP contribution in [0.3, 0.4) is 0 Å². The number of carbonyl (C=O) groups is 3. The van der Waals surface area contributed by atoms with Crippen LogP contribution in [0.15, 0.2) is 44.2 Å². The normalized spacial score (nSPS) is 16.6. The van der Waals surface area contributed by atoms with E-state index in [0.29, 0.717) is 18.5 Å². The van der Waals surface area contributed by atoms with Crippen molar-refractivity contribution in [1.29, 1.82) is 0 Å². The molecular weight excluding hydrogens is 606 g/mol. The number of fused-ring (bicyclic) bond motifs is 1. The van der Waals surface area contributed by atoms with Gasteiger partial charge in [0.2, 0.25) is 5.91 Å². The van der Waals surface area contributed by atoms with Crippen LogP contribution in [0.2, 0.25) is 0 Å². The van der Waals surface area contributed by atoms with Gasteiger partial charge in [0, 0.05) is 51.7 Å². The lowest BCUT2D eigenvalue weighted by molar-refractivity contribution is -0.121. The fourth-order valence-corrected chi connectivity index (χ4v) is 7.11. The molecule has 2 heterocycles. The monoisotopic (exact) mass is 635 g/mol. The molecule has 1 fully saturated rings. The van der Waals surface area contributed by atoms with E-state index < -0.39 is 6.04 Å². The Labute approximate surface area is 233 Å². The van der Waals surface area contributed by atoms with E-state index >= 15 is 0 Å². The topological polar surface area (TPSA) is 69.7 Å². The lowest BCUT2D eigenvalue weighted by Gasteiger charge is -2.27. The lowest BCUT2D eigenvalue weighted by Crippen LogP contribution is -2.37. The van der Waals surface area contributed by atoms with E-state index in [1.165, 1.54) is 30.4 Å². The Morgan fingerprint density at radius 1 is 1.14 bits per heavy atom. The average Bonchev–Trinajstić information content (AvgIpc) is 3.23. The van der Waals surface area contributed by atoms with Gasteiger partial charge in [-0.3, -0.25) is 14.5 Å². The van der Waals surface area contributed by atoms with E-state index in [2.05, 4.69) is 54.2 Å². The van der Waals surface area contributed by atoms with Crippen LogP contribution in [0.1, 0.15) is 59.2 Å². The number of halogens is 2. The van der Waals surface area contributed by atoms with Gasteiger partial charge in [-0.15, -0.1) is 11.8 Å². The Balaban J connectivity index is 1.44. The molecule has 192 valence electrons. The van der Waals surface area contributed by atoms with Gasteiger partial charge in [-0.05, 0) is 73.3 Å². The Morgan fingerprint density at radius 2 is 1.86 bits per heavy atom. The number of amides is 2. The maximum atomic E-state index is 13.1. The van der Waals surface area contributed by atoms with Crippen molar-refractivity contribution in [2.75, 3.05) is 20.1 Å². The fourth-order valence-electron chi connectivity index (χ4n) is 4.81. The second-order valence-corrected chi connectivity index (χ2v) is 12.0. The molecule has 0 bridgehead atoms. The summed E-state index contributed by atoms with van der Waals surface area (Å²) in [5.74, 6) is 0.468. The summed E-state index contributed by atoms with van der Waals surface area (Å²) in [6, 6.07) is 9.56. The molecule has 2 amide bonds. The third-order valence-electron chi connectivity index (χ3n) is 6.90. The molecule has 0 aromatic heterocycles. The highest BCUT2D eigenvalue weighted by Crippen LogP contribution is 2.37. The molecule has 6 nitrogen and oxygen atoms in total. The number of benzene rings is 2. The standard InChI is InChI=1S/C27H31Br2N3O3S/c1-30-26(34)9-8-20(16-33)32-15-22-21(27(32)35)6-5-7-25(22)36-17-19-13-23(28)18(12-24(19)29)14-31-10-3-2-4-11-31/h5-7,12-13,16,20H,2-4,8-11,14-15,17H2,1H3,(H,30,34). The van der Waals surface area contributed by atoms with Crippen LogP contribution in [-0.4, -0.2) is 54.1 Å². The molecule has 0 radical (unpaired) electrons. The molecule has 2 aliphatic heterocycles. The molecule has 2 aromatic carbocycles. The van der Waals surface area contributed by atoms with Crippen molar-refractivity contribution in [1.82, 2.24) is 15.1 Å². The summed E-state index contributed by atoms with van der Waals surface area (Å²) in [5, 5.41) is 2.57. The van der Waals surface area contributed by atoms with E-state index in [1.807, 2.05) is 18.2 Å². The summed E-state index contributed by atoms with van der Waals surface area (Å²) >= 11 is 9.26. The van der Waals surface area contributed by atoms with Crippen molar-refractivity contribution in [2.24, 2.45) is 0 Å². The first kappa shape index (κ1) is 27.4. The number of piperidine rings is 1. The zero-order valence-corrected chi connectivity index (χ0v) is 24.4. The summed E-state index contributed by atoms with van der Waals surface area (Å²) in [6.45, 7) is 3.66. The van der Waals surface area contributed by atoms with Gasteiger partial charge in [0.15, 0.2) is 0 Å². The second kappa shape index (κ2) is 12.7. The second-order valence-electron chi connectivity index (χ2n) is 9.29. The van der Waals surface area contributed by atoms with Gasteiger partial charge in [-0.25, -0.2) is 0 Å². The van der Waals surface area contributed by atoms with Crippen molar-refractivity contribution in [2.45, 2.75) is 61.9 Å². The van der Waals surface area contributed by atoms with Crippen LogP contribution >= 0.6 is 43.6 Å². The maximum absolute atomic E-state index is 13.1. The minimum atomic E-state index is -0.613. The van der Waals surface area contributed by atoms with Crippen LogP contribution in [0, 0.1) is 0 Å². The van der Waals surface area contributed by atoms with Crippen LogP contribution in [0.25, 0.3) is 0 Å². The first-order chi connectivity index (χ1) is 17.4. The van der Waals surface area contributed by atoms with Crippen molar-refractivity contribution >= 4 is 61.7 Å². The zero-order chi connectivity index (χ0) is 25.7. The quantitative estimate of drug-likeness (QED) is 0.274. The SMILES string of the molecule is CNC(=O)CCC(C=O)N1Cc2c(SCc3cc(Br)c(CN4CCCCC4)cc3Br)cccc2C1=O. The zero-order valence-electron chi connectivity index (χ0n) is 20.4. The van der Waals surface area contributed by atoms with Crippen molar-refractivity contribution in [3.05, 3.63) is 61.5 Å². The Morgan fingerprint density at radius 3 is 2.58 bits per heavy atom. The molecule has 0 aliphatic carbocycles. The number of rotatable bonds is 10. The summed E-state index contributed by atoms with van der Waals surface area (Å²) in [7, 11) is 1.57. The van der Waals surface area contributed by atoms with E-state index in [-0.39, 0.29) is 18.2 Å². The number of hydrogen-bond acceptors (Lipinski definition) is 5. The Kier molecular flexibility index (Phi) is 9.66. The minimum absolute atomic E-state index is 0.138. The van der Waals surface area contributed by atoms with Gasteiger partial charge < -0.3 is 15.0 Å². The Bertz CT molecular complexity index is 1140. The average molecular weight is 637 g/mol. The van der Waals surface area contributed by atoms with Crippen molar-refractivity contribution in [3.63, 3.8) is 0 Å². The molecule has 2 aromatic rings. The highest BCUT2D eigenvalue weighted by Gasteiger charge is 2.34. The van der Waals surface area contributed by atoms with E-state index in [4.69, 9.17) is 0 Å². The van der Waals surface area contributed by atoms with Crippen LogP contribution in [-0.2, 0) is 28.4 Å². The molecule has 1 N–H and O–H groups in total. The highest BCUT2D eigenvalue weighted by atomic mass is 79.9. The molecule has 36 heavy (non-hydrogen) atoms. The molecule has 9 heteroatoms. The van der Waals surface area contributed by atoms with Gasteiger partial charge in [0.05, 0.1) is 6.04 Å². The number of carbonyl (C=O) groups excluding carboxylic acids is 3. The molecule has 1 saturated heterocycles. The van der Waals surface area contributed by atoms with Crippen LogP contribution in [0.4, 0.5) is 0 Å². The molecule has 0 saturated carbocycles. The highest BCUT2D eigenvalue weighted by molar-refractivity contribution is 9.11. The van der Waals surface area contributed by atoms with E-state index in [0.717, 1.165) is 51.1 Å². The minimum Gasteiger partial charge on any atom is -0.359 e. The third kappa shape index (κ3) is 6.41. The predicted molar refractivity (Wildman–Crippen MR) is 150 cm³/mol. The lowest BCUT2D eigenvalue weighted by atomic mass is 10.1. The molecule has 4 rings (SSSR count).